The molecule has 3 atom stereocenters. The Balaban J connectivity index is 1.34. The molecule has 2 aliphatic rings. The molecule has 2 aliphatic heterocycles. The molecular formula is C27H29N3O4. The van der Waals surface area contributed by atoms with Crippen molar-refractivity contribution in [3.63, 3.8) is 0 Å². The molecule has 3 heterocycles. The fourth-order valence-electron chi connectivity index (χ4n) is 5.60. The lowest BCUT2D eigenvalue weighted by molar-refractivity contribution is -0.147. The smallest absolute Gasteiger partial charge is 0.266 e. The van der Waals surface area contributed by atoms with E-state index in [0.717, 1.165) is 46.3 Å². The molecule has 1 aromatic heterocycles. The Hall–Kier alpha value is -3.45. The van der Waals surface area contributed by atoms with Gasteiger partial charge in [-0.1, -0.05) is 30.3 Å². The highest BCUT2D eigenvalue weighted by Gasteiger charge is 2.53. The molecule has 3 aromatic rings. The van der Waals surface area contributed by atoms with Gasteiger partial charge in [-0.05, 0) is 69.4 Å². The highest BCUT2D eigenvalue weighted by molar-refractivity contribution is 5.95. The van der Waals surface area contributed by atoms with E-state index in [4.69, 9.17) is 9.94 Å². The third-order valence-corrected chi connectivity index (χ3v) is 7.32. The van der Waals surface area contributed by atoms with Crippen LogP contribution in [0.4, 0.5) is 0 Å². The van der Waals surface area contributed by atoms with Crippen LogP contribution >= 0.6 is 0 Å². The van der Waals surface area contributed by atoms with Crippen LogP contribution in [0.1, 0.15) is 49.4 Å². The van der Waals surface area contributed by atoms with Gasteiger partial charge in [-0.3, -0.25) is 19.8 Å². The van der Waals surface area contributed by atoms with Crippen molar-refractivity contribution in [1.82, 2.24) is 15.4 Å². The number of amides is 2. The van der Waals surface area contributed by atoms with Gasteiger partial charge in [0.05, 0.1) is 10.9 Å². The van der Waals surface area contributed by atoms with E-state index in [1.165, 1.54) is 0 Å². The molecule has 0 radical (unpaired) electrons. The number of benzene rings is 2. The lowest BCUT2D eigenvalue weighted by atomic mass is 9.79. The SMILES string of the molecule is Cc1cc(COc2ccc([C@]3(C)CC4CCC[C@@H](C(=O)NO)N4C3=O)cc2)c2ccccc2n1. The van der Waals surface area contributed by atoms with Gasteiger partial charge in [0.15, 0.2) is 0 Å². The third-order valence-electron chi connectivity index (χ3n) is 7.32. The number of hydroxylamine groups is 1. The van der Waals surface area contributed by atoms with E-state index < -0.39 is 17.4 Å². The number of carbonyl (C=O) groups is 2. The lowest BCUT2D eigenvalue weighted by Crippen LogP contribution is -2.53. The zero-order valence-corrected chi connectivity index (χ0v) is 19.5. The fraction of sp³-hybridized carbons (Fsp3) is 0.370. The predicted molar refractivity (Wildman–Crippen MR) is 127 cm³/mol. The van der Waals surface area contributed by atoms with Gasteiger partial charge in [0.1, 0.15) is 18.4 Å². The van der Waals surface area contributed by atoms with Crippen LogP contribution in [0.3, 0.4) is 0 Å². The van der Waals surface area contributed by atoms with E-state index in [-0.39, 0.29) is 11.9 Å². The first-order chi connectivity index (χ1) is 16.4. The number of fused-ring (bicyclic) bond motifs is 2. The third kappa shape index (κ3) is 3.80. The Kier molecular flexibility index (Phi) is 5.73. The normalized spacial score (nSPS) is 24.2. The average molecular weight is 460 g/mol. The van der Waals surface area contributed by atoms with Crippen LogP contribution in [0.2, 0.25) is 0 Å². The summed E-state index contributed by atoms with van der Waals surface area (Å²) in [7, 11) is 0. The van der Waals surface area contributed by atoms with Crippen molar-refractivity contribution in [2.45, 2.75) is 63.6 Å². The number of pyridine rings is 1. The minimum Gasteiger partial charge on any atom is -0.489 e. The molecule has 34 heavy (non-hydrogen) atoms. The summed E-state index contributed by atoms with van der Waals surface area (Å²) in [6, 6.07) is 17.2. The Morgan fingerprint density at radius 1 is 1.21 bits per heavy atom. The number of piperidine rings is 1. The highest BCUT2D eigenvalue weighted by atomic mass is 16.5. The van der Waals surface area contributed by atoms with Crippen molar-refractivity contribution in [2.24, 2.45) is 0 Å². The Morgan fingerprint density at radius 2 is 1.97 bits per heavy atom. The molecule has 2 N–H and O–H groups in total. The monoisotopic (exact) mass is 459 g/mol. The number of aryl methyl sites for hydroxylation is 1. The molecule has 7 heteroatoms. The molecule has 5 rings (SSSR count). The first kappa shape index (κ1) is 22.3. The van der Waals surface area contributed by atoms with Crippen LogP contribution in [0, 0.1) is 6.92 Å². The average Bonchev–Trinajstić information content (AvgIpc) is 3.13. The second-order valence-corrected chi connectivity index (χ2v) is 9.58. The van der Waals surface area contributed by atoms with Gasteiger partial charge in [0, 0.05) is 22.7 Å². The predicted octanol–water partition coefficient (Wildman–Crippen LogP) is 4.04. The second-order valence-electron chi connectivity index (χ2n) is 9.58. The topological polar surface area (TPSA) is 91.8 Å². The summed E-state index contributed by atoms with van der Waals surface area (Å²) in [6.45, 7) is 4.35. The molecule has 0 aliphatic carbocycles. The maximum Gasteiger partial charge on any atom is 0.266 e. The van der Waals surface area contributed by atoms with Gasteiger partial charge in [-0.25, -0.2) is 5.48 Å². The van der Waals surface area contributed by atoms with Crippen LogP contribution in [0.15, 0.2) is 54.6 Å². The molecule has 7 nitrogen and oxygen atoms in total. The fourth-order valence-corrected chi connectivity index (χ4v) is 5.60. The molecule has 2 amide bonds. The van der Waals surface area contributed by atoms with Crippen LogP contribution in [0.5, 0.6) is 5.75 Å². The molecule has 2 saturated heterocycles. The number of nitrogens with zero attached hydrogens (tertiary/aromatic N) is 2. The van der Waals surface area contributed by atoms with Crippen molar-refractivity contribution >= 4 is 22.7 Å². The largest absolute Gasteiger partial charge is 0.489 e. The quantitative estimate of drug-likeness (QED) is 0.444. The summed E-state index contributed by atoms with van der Waals surface area (Å²) >= 11 is 0. The molecule has 1 unspecified atom stereocenters. The summed E-state index contributed by atoms with van der Waals surface area (Å²) in [5.41, 5.74) is 4.91. The lowest BCUT2D eigenvalue weighted by Gasteiger charge is -2.36. The highest BCUT2D eigenvalue weighted by Crippen LogP contribution is 2.44. The molecule has 2 aromatic carbocycles. The van der Waals surface area contributed by atoms with E-state index in [2.05, 4.69) is 11.1 Å². The van der Waals surface area contributed by atoms with Crippen molar-refractivity contribution < 1.29 is 19.5 Å². The Morgan fingerprint density at radius 3 is 2.74 bits per heavy atom. The molecule has 0 spiro atoms. The van der Waals surface area contributed by atoms with Crippen LogP contribution in [-0.4, -0.2) is 39.0 Å². The van der Waals surface area contributed by atoms with Crippen molar-refractivity contribution in [3.8, 4) is 5.75 Å². The van der Waals surface area contributed by atoms with Gasteiger partial charge in [-0.2, -0.15) is 0 Å². The summed E-state index contributed by atoms with van der Waals surface area (Å²) in [6.07, 6.45) is 2.96. The van der Waals surface area contributed by atoms with E-state index in [0.29, 0.717) is 19.4 Å². The number of para-hydroxylation sites is 1. The number of hydrogen-bond acceptors (Lipinski definition) is 5. The number of nitrogens with one attached hydrogen (secondary N) is 1. The van der Waals surface area contributed by atoms with Gasteiger partial charge >= 0.3 is 0 Å². The molecule has 2 fully saturated rings. The van der Waals surface area contributed by atoms with Gasteiger partial charge in [0.2, 0.25) is 5.91 Å². The summed E-state index contributed by atoms with van der Waals surface area (Å²) in [5.74, 6) is 0.162. The van der Waals surface area contributed by atoms with Gasteiger partial charge in [0.25, 0.3) is 5.91 Å². The minimum atomic E-state index is -0.708. The molecule has 176 valence electrons. The zero-order chi connectivity index (χ0) is 23.9. The number of carbonyl (C=O) groups excluding carboxylic acids is 2. The van der Waals surface area contributed by atoms with Crippen molar-refractivity contribution in [2.75, 3.05) is 0 Å². The number of rotatable bonds is 5. The van der Waals surface area contributed by atoms with E-state index >= 15 is 0 Å². The maximum atomic E-state index is 13.5. The van der Waals surface area contributed by atoms with Crippen LogP contribution in [0.25, 0.3) is 10.9 Å². The summed E-state index contributed by atoms with van der Waals surface area (Å²) in [5, 5.41) is 10.2. The summed E-state index contributed by atoms with van der Waals surface area (Å²) < 4.78 is 6.09. The van der Waals surface area contributed by atoms with E-state index in [1.54, 1.807) is 10.4 Å². The van der Waals surface area contributed by atoms with E-state index in [1.807, 2.05) is 62.4 Å². The van der Waals surface area contributed by atoms with Crippen molar-refractivity contribution in [3.05, 3.63) is 71.4 Å². The minimum absolute atomic E-state index is 0.00712. The van der Waals surface area contributed by atoms with Gasteiger partial charge in [-0.15, -0.1) is 0 Å². The molecular weight excluding hydrogens is 430 g/mol. The molecule has 0 bridgehead atoms. The standard InChI is InChI=1S/C27H29N3O4/c1-17-14-18(22-7-3-4-8-23(22)28-17)16-34-21-12-10-19(11-13-21)27(2)15-20-6-5-9-24(25(31)29-33)30(20)26(27)32/h3-4,7-8,10-14,20,24,33H,5-6,9,15-16H2,1-2H3,(H,29,31)/t20?,24-,27-/m0/s1. The number of aromatic nitrogens is 1. The number of ether oxygens (including phenoxy) is 1. The summed E-state index contributed by atoms with van der Waals surface area (Å²) in [4.78, 5) is 31.9. The Labute approximate surface area is 198 Å². The van der Waals surface area contributed by atoms with E-state index in [9.17, 15) is 9.59 Å². The molecule has 0 saturated carbocycles. The van der Waals surface area contributed by atoms with Crippen LogP contribution in [-0.2, 0) is 21.6 Å². The van der Waals surface area contributed by atoms with Crippen LogP contribution < -0.4 is 10.2 Å². The first-order valence-electron chi connectivity index (χ1n) is 11.8. The first-order valence-corrected chi connectivity index (χ1v) is 11.8. The Bertz CT molecular complexity index is 1240. The van der Waals surface area contributed by atoms with Crippen molar-refractivity contribution in [1.29, 1.82) is 0 Å². The van der Waals surface area contributed by atoms with Gasteiger partial charge < -0.3 is 9.64 Å². The maximum absolute atomic E-state index is 13.5. The number of hydrogen-bond donors (Lipinski definition) is 2. The second kappa shape index (κ2) is 8.72. The zero-order valence-electron chi connectivity index (χ0n) is 19.5.